The van der Waals surface area contributed by atoms with Crippen LogP contribution in [0.1, 0.15) is 18.4 Å². The lowest BCUT2D eigenvalue weighted by Crippen LogP contribution is -2.16. The summed E-state index contributed by atoms with van der Waals surface area (Å²) in [5.74, 6) is 0.526. The van der Waals surface area contributed by atoms with E-state index in [9.17, 15) is 4.39 Å². The molecule has 1 aromatic heterocycles. The first kappa shape index (κ1) is 12.6. The summed E-state index contributed by atoms with van der Waals surface area (Å²) < 4.78 is 20.0. The Morgan fingerprint density at radius 1 is 1.10 bits per heavy atom. The Bertz CT molecular complexity index is 756. The van der Waals surface area contributed by atoms with Gasteiger partial charge in [0.05, 0.1) is 0 Å². The molecule has 1 N–H and O–H groups in total. The van der Waals surface area contributed by atoms with E-state index in [1.807, 2.05) is 42.5 Å². The first-order valence-electron chi connectivity index (χ1n) is 7.30. The summed E-state index contributed by atoms with van der Waals surface area (Å²) in [7, 11) is 0. The van der Waals surface area contributed by atoms with Gasteiger partial charge in [-0.05, 0) is 31.0 Å². The van der Waals surface area contributed by atoms with Crippen molar-refractivity contribution in [2.75, 3.05) is 0 Å². The lowest BCUT2D eigenvalue weighted by Gasteiger charge is -2.06. The van der Waals surface area contributed by atoms with Gasteiger partial charge in [-0.2, -0.15) is 0 Å². The Kier molecular flexibility index (Phi) is 3.00. The summed E-state index contributed by atoms with van der Waals surface area (Å²) in [6.45, 7) is 0.594. The number of hydrogen-bond donors (Lipinski definition) is 1. The van der Waals surface area contributed by atoms with Crippen LogP contribution in [0.25, 0.3) is 22.3 Å². The van der Waals surface area contributed by atoms with Crippen molar-refractivity contribution in [1.82, 2.24) is 5.32 Å². The van der Waals surface area contributed by atoms with Crippen molar-refractivity contribution in [1.29, 1.82) is 0 Å². The molecular formula is C18H16FNO. The topological polar surface area (TPSA) is 25.2 Å². The van der Waals surface area contributed by atoms with Crippen molar-refractivity contribution in [2.24, 2.45) is 0 Å². The maximum absolute atomic E-state index is 14.2. The monoisotopic (exact) mass is 281 g/mol. The summed E-state index contributed by atoms with van der Waals surface area (Å²) in [6, 6.07) is 15.7. The van der Waals surface area contributed by atoms with E-state index >= 15 is 0 Å². The fourth-order valence-electron chi connectivity index (χ4n) is 2.51. The second-order valence-corrected chi connectivity index (χ2v) is 5.61. The van der Waals surface area contributed by atoms with Gasteiger partial charge in [0.1, 0.15) is 17.2 Å². The van der Waals surface area contributed by atoms with Gasteiger partial charge in [-0.3, -0.25) is 0 Å². The number of nitrogens with one attached hydrogen (secondary N) is 1. The molecule has 1 saturated carbocycles. The molecule has 0 amide bonds. The number of para-hydroxylation sites is 1. The summed E-state index contributed by atoms with van der Waals surface area (Å²) in [5.41, 5.74) is 2.31. The Morgan fingerprint density at radius 2 is 1.95 bits per heavy atom. The summed E-state index contributed by atoms with van der Waals surface area (Å²) >= 11 is 0. The Balaban J connectivity index is 1.63. The zero-order chi connectivity index (χ0) is 14.2. The first-order chi connectivity index (χ1) is 10.3. The van der Waals surface area contributed by atoms with Crippen LogP contribution in [-0.4, -0.2) is 6.04 Å². The Hall–Kier alpha value is -2.13. The third kappa shape index (κ3) is 2.57. The van der Waals surface area contributed by atoms with Crippen LogP contribution in [0.3, 0.4) is 0 Å². The second-order valence-electron chi connectivity index (χ2n) is 5.61. The van der Waals surface area contributed by atoms with Crippen LogP contribution in [-0.2, 0) is 6.54 Å². The molecule has 106 valence electrons. The molecule has 0 atom stereocenters. The molecule has 2 nitrogen and oxygen atoms in total. The molecule has 2 aromatic carbocycles. The van der Waals surface area contributed by atoms with Gasteiger partial charge in [-0.15, -0.1) is 0 Å². The van der Waals surface area contributed by atoms with Gasteiger partial charge < -0.3 is 9.73 Å². The Labute approximate surface area is 122 Å². The van der Waals surface area contributed by atoms with E-state index < -0.39 is 0 Å². The van der Waals surface area contributed by atoms with E-state index in [0.29, 0.717) is 23.9 Å². The largest absolute Gasteiger partial charge is 0.456 e. The van der Waals surface area contributed by atoms with E-state index in [4.69, 9.17) is 4.42 Å². The predicted octanol–water partition coefficient (Wildman–Crippen LogP) is 4.49. The van der Waals surface area contributed by atoms with Crippen LogP contribution in [0, 0.1) is 5.82 Å². The number of fused-ring (bicyclic) bond motifs is 1. The minimum Gasteiger partial charge on any atom is -0.456 e. The van der Waals surface area contributed by atoms with Gasteiger partial charge in [-0.25, -0.2) is 4.39 Å². The van der Waals surface area contributed by atoms with Crippen molar-refractivity contribution >= 4 is 11.0 Å². The van der Waals surface area contributed by atoms with Crippen molar-refractivity contribution in [2.45, 2.75) is 25.4 Å². The van der Waals surface area contributed by atoms with Crippen LogP contribution in [0.4, 0.5) is 4.39 Å². The average molecular weight is 281 g/mol. The van der Waals surface area contributed by atoms with E-state index in [1.54, 1.807) is 6.07 Å². The van der Waals surface area contributed by atoms with E-state index in [2.05, 4.69) is 5.32 Å². The smallest absolute Gasteiger partial charge is 0.135 e. The lowest BCUT2D eigenvalue weighted by atomic mass is 10.1. The van der Waals surface area contributed by atoms with Crippen molar-refractivity contribution in [3.63, 3.8) is 0 Å². The third-order valence-corrected chi connectivity index (χ3v) is 3.92. The van der Waals surface area contributed by atoms with E-state index in [1.165, 1.54) is 12.8 Å². The molecule has 3 aromatic rings. The number of rotatable bonds is 4. The zero-order valence-corrected chi connectivity index (χ0v) is 11.6. The summed E-state index contributed by atoms with van der Waals surface area (Å²) in [5, 5.41) is 4.37. The number of hydrogen-bond acceptors (Lipinski definition) is 2. The quantitative estimate of drug-likeness (QED) is 0.762. The molecule has 1 heterocycles. The maximum atomic E-state index is 14.2. The summed E-state index contributed by atoms with van der Waals surface area (Å²) in [4.78, 5) is 0. The normalized spacial score (nSPS) is 14.7. The molecule has 1 aliphatic rings. The van der Waals surface area contributed by atoms with Crippen LogP contribution >= 0.6 is 0 Å². The molecule has 3 heteroatoms. The standard InChI is InChI=1S/C18H16FNO/c19-16-9-13(5-6-14(16)11-20-15-7-8-15)18-10-12-3-1-2-4-17(12)21-18/h1-6,9-10,15,20H,7-8,11H2. The Morgan fingerprint density at radius 3 is 2.71 bits per heavy atom. The van der Waals surface area contributed by atoms with Gasteiger partial charge in [0.25, 0.3) is 0 Å². The van der Waals surface area contributed by atoms with Crippen LogP contribution in [0.2, 0.25) is 0 Å². The highest BCUT2D eigenvalue weighted by atomic mass is 19.1. The van der Waals surface area contributed by atoms with Gasteiger partial charge in [0.15, 0.2) is 0 Å². The highest BCUT2D eigenvalue weighted by Crippen LogP contribution is 2.29. The van der Waals surface area contributed by atoms with Crippen LogP contribution < -0.4 is 5.32 Å². The van der Waals surface area contributed by atoms with Gasteiger partial charge in [0.2, 0.25) is 0 Å². The van der Waals surface area contributed by atoms with E-state index in [0.717, 1.165) is 16.5 Å². The molecule has 4 rings (SSSR count). The van der Waals surface area contributed by atoms with Gasteiger partial charge >= 0.3 is 0 Å². The first-order valence-corrected chi connectivity index (χ1v) is 7.30. The summed E-state index contributed by atoms with van der Waals surface area (Å²) in [6.07, 6.45) is 2.41. The fourth-order valence-corrected chi connectivity index (χ4v) is 2.51. The molecule has 0 aliphatic heterocycles. The van der Waals surface area contributed by atoms with Crippen molar-refractivity contribution in [3.8, 4) is 11.3 Å². The minimum atomic E-state index is -0.180. The highest BCUT2D eigenvalue weighted by molar-refractivity contribution is 5.82. The molecule has 0 unspecified atom stereocenters. The van der Waals surface area contributed by atoms with Crippen molar-refractivity contribution < 1.29 is 8.81 Å². The highest BCUT2D eigenvalue weighted by Gasteiger charge is 2.20. The molecule has 0 spiro atoms. The molecule has 21 heavy (non-hydrogen) atoms. The van der Waals surface area contributed by atoms with E-state index in [-0.39, 0.29) is 5.82 Å². The second kappa shape index (κ2) is 5.01. The molecule has 1 fully saturated rings. The predicted molar refractivity (Wildman–Crippen MR) is 81.5 cm³/mol. The minimum absolute atomic E-state index is 0.180. The maximum Gasteiger partial charge on any atom is 0.135 e. The molecule has 0 saturated heterocycles. The fraction of sp³-hybridized carbons (Fsp3) is 0.222. The van der Waals surface area contributed by atoms with Gasteiger partial charge in [-0.1, -0.05) is 30.3 Å². The number of benzene rings is 2. The van der Waals surface area contributed by atoms with Crippen molar-refractivity contribution in [3.05, 3.63) is 59.9 Å². The molecular weight excluding hydrogens is 265 g/mol. The average Bonchev–Trinajstić information content (AvgIpc) is 3.22. The molecule has 0 bridgehead atoms. The van der Waals surface area contributed by atoms with Crippen LogP contribution in [0.5, 0.6) is 0 Å². The molecule has 1 aliphatic carbocycles. The number of halogens is 1. The lowest BCUT2D eigenvalue weighted by molar-refractivity contribution is 0.585. The molecule has 0 radical (unpaired) electrons. The zero-order valence-electron chi connectivity index (χ0n) is 11.6. The van der Waals surface area contributed by atoms with Crippen LogP contribution in [0.15, 0.2) is 52.9 Å². The third-order valence-electron chi connectivity index (χ3n) is 3.92. The number of furan rings is 1. The SMILES string of the molecule is Fc1cc(-c2cc3ccccc3o2)ccc1CNC1CC1. The van der Waals surface area contributed by atoms with Gasteiger partial charge in [0, 0.05) is 29.1 Å².